The molecule has 3 heteroatoms. The second-order valence-electron chi connectivity index (χ2n) is 4.50. The number of para-hydroxylation sites is 1. The third-order valence-electron chi connectivity index (χ3n) is 2.91. The highest BCUT2D eigenvalue weighted by Gasteiger charge is 2.10. The van der Waals surface area contributed by atoms with Crippen molar-refractivity contribution in [2.75, 3.05) is 11.1 Å². The van der Waals surface area contributed by atoms with Crippen molar-refractivity contribution >= 4 is 11.4 Å². The fourth-order valence-electron chi connectivity index (χ4n) is 1.76. The molecule has 0 aliphatic rings. The Morgan fingerprint density at radius 2 is 2.06 bits per heavy atom. The first kappa shape index (κ1) is 12.8. The van der Waals surface area contributed by atoms with E-state index in [9.17, 15) is 4.39 Å². The van der Waals surface area contributed by atoms with Crippen LogP contribution in [0, 0.1) is 11.7 Å². The Labute approximate surface area is 97.0 Å². The molecule has 0 saturated carbocycles. The van der Waals surface area contributed by atoms with Crippen molar-refractivity contribution < 1.29 is 4.39 Å². The first-order valence-electron chi connectivity index (χ1n) is 5.85. The molecule has 1 aromatic carbocycles. The molecule has 2 nitrogen and oxygen atoms in total. The van der Waals surface area contributed by atoms with Crippen molar-refractivity contribution in [1.82, 2.24) is 0 Å². The molecule has 3 N–H and O–H groups in total. The zero-order valence-electron chi connectivity index (χ0n) is 10.3. The van der Waals surface area contributed by atoms with Crippen molar-refractivity contribution in [3.8, 4) is 0 Å². The van der Waals surface area contributed by atoms with Crippen LogP contribution < -0.4 is 11.1 Å². The van der Waals surface area contributed by atoms with E-state index in [2.05, 4.69) is 26.1 Å². The summed E-state index contributed by atoms with van der Waals surface area (Å²) >= 11 is 0. The van der Waals surface area contributed by atoms with E-state index >= 15 is 0 Å². The molecule has 0 saturated heterocycles. The lowest BCUT2D eigenvalue weighted by atomic mass is 10.00. The van der Waals surface area contributed by atoms with Crippen LogP contribution in [-0.2, 0) is 0 Å². The van der Waals surface area contributed by atoms with E-state index < -0.39 is 0 Å². The number of benzene rings is 1. The molecule has 0 spiro atoms. The lowest BCUT2D eigenvalue weighted by Gasteiger charge is -2.19. The molecule has 0 bridgehead atoms. The third-order valence-corrected chi connectivity index (χ3v) is 2.91. The molecule has 0 amide bonds. The summed E-state index contributed by atoms with van der Waals surface area (Å²) in [5, 5.41) is 3.25. The van der Waals surface area contributed by atoms with Gasteiger partial charge in [-0.25, -0.2) is 4.39 Å². The third kappa shape index (κ3) is 3.40. The molecular formula is C13H21FN2. The Hall–Kier alpha value is -1.25. The summed E-state index contributed by atoms with van der Waals surface area (Å²) < 4.78 is 13.2. The Morgan fingerprint density at radius 3 is 2.69 bits per heavy atom. The van der Waals surface area contributed by atoms with Crippen LogP contribution in [0.3, 0.4) is 0 Å². The lowest BCUT2D eigenvalue weighted by Crippen LogP contribution is -2.19. The highest BCUT2D eigenvalue weighted by molar-refractivity contribution is 5.66. The van der Waals surface area contributed by atoms with Gasteiger partial charge in [0.15, 0.2) is 0 Å². The van der Waals surface area contributed by atoms with E-state index in [0.717, 1.165) is 12.8 Å². The molecule has 0 aliphatic heterocycles. The summed E-state index contributed by atoms with van der Waals surface area (Å²) in [5.41, 5.74) is 6.55. The lowest BCUT2D eigenvalue weighted by molar-refractivity contribution is 0.484. The second kappa shape index (κ2) is 5.73. The van der Waals surface area contributed by atoms with Gasteiger partial charge in [-0.2, -0.15) is 0 Å². The fourth-order valence-corrected chi connectivity index (χ4v) is 1.76. The van der Waals surface area contributed by atoms with Crippen LogP contribution in [0.15, 0.2) is 18.2 Å². The number of halogens is 1. The summed E-state index contributed by atoms with van der Waals surface area (Å²) in [5.74, 6) is 0.304. The zero-order valence-corrected chi connectivity index (χ0v) is 10.3. The number of hydrogen-bond acceptors (Lipinski definition) is 2. The first-order chi connectivity index (χ1) is 7.54. The normalized spacial score (nSPS) is 14.5. The predicted molar refractivity (Wildman–Crippen MR) is 68.0 cm³/mol. The Morgan fingerprint density at radius 1 is 1.38 bits per heavy atom. The van der Waals surface area contributed by atoms with Crippen LogP contribution in [0.5, 0.6) is 0 Å². The highest BCUT2D eigenvalue weighted by atomic mass is 19.1. The highest BCUT2D eigenvalue weighted by Crippen LogP contribution is 2.23. The van der Waals surface area contributed by atoms with Gasteiger partial charge in [-0.15, -0.1) is 0 Å². The number of nitrogen functional groups attached to an aromatic ring is 1. The number of rotatable bonds is 5. The minimum atomic E-state index is -0.360. The van der Waals surface area contributed by atoms with E-state index in [4.69, 9.17) is 5.73 Å². The largest absolute Gasteiger partial charge is 0.395 e. The summed E-state index contributed by atoms with van der Waals surface area (Å²) in [6.45, 7) is 6.48. The monoisotopic (exact) mass is 224 g/mol. The van der Waals surface area contributed by atoms with Crippen molar-refractivity contribution in [1.29, 1.82) is 0 Å². The maximum Gasteiger partial charge on any atom is 0.148 e. The van der Waals surface area contributed by atoms with Gasteiger partial charge in [0, 0.05) is 6.04 Å². The molecular weight excluding hydrogens is 203 g/mol. The van der Waals surface area contributed by atoms with E-state index in [1.54, 1.807) is 6.07 Å². The molecule has 16 heavy (non-hydrogen) atoms. The van der Waals surface area contributed by atoms with E-state index in [0.29, 0.717) is 17.6 Å². The van der Waals surface area contributed by atoms with Crippen LogP contribution in [-0.4, -0.2) is 6.04 Å². The molecule has 0 radical (unpaired) electrons. The summed E-state index contributed by atoms with van der Waals surface area (Å²) in [7, 11) is 0. The van der Waals surface area contributed by atoms with Crippen molar-refractivity contribution in [3.63, 3.8) is 0 Å². The molecule has 90 valence electrons. The summed E-state index contributed by atoms with van der Waals surface area (Å²) in [6, 6.07) is 5.16. The molecule has 0 aromatic heterocycles. The summed E-state index contributed by atoms with van der Waals surface area (Å²) in [6.07, 6.45) is 2.22. The minimum absolute atomic E-state index is 0.207. The van der Waals surface area contributed by atoms with E-state index in [-0.39, 0.29) is 11.5 Å². The SMILES string of the molecule is CCC(C)CC(C)Nc1cccc(F)c1N. The Balaban J connectivity index is 2.62. The molecule has 0 aliphatic carbocycles. The van der Waals surface area contributed by atoms with Gasteiger partial charge in [-0.1, -0.05) is 26.3 Å². The number of nitrogens with one attached hydrogen (secondary N) is 1. The van der Waals surface area contributed by atoms with Gasteiger partial charge in [0.1, 0.15) is 5.82 Å². The van der Waals surface area contributed by atoms with E-state index in [1.165, 1.54) is 6.07 Å². The smallest absolute Gasteiger partial charge is 0.148 e. The number of hydrogen-bond donors (Lipinski definition) is 2. The summed E-state index contributed by atoms with van der Waals surface area (Å²) in [4.78, 5) is 0. The quantitative estimate of drug-likeness (QED) is 0.749. The van der Waals surface area contributed by atoms with Crippen molar-refractivity contribution in [3.05, 3.63) is 24.0 Å². The number of nitrogens with two attached hydrogens (primary N) is 1. The second-order valence-corrected chi connectivity index (χ2v) is 4.50. The Kier molecular flexibility index (Phi) is 4.59. The zero-order chi connectivity index (χ0) is 12.1. The molecule has 1 aromatic rings. The van der Waals surface area contributed by atoms with Gasteiger partial charge in [0.05, 0.1) is 11.4 Å². The van der Waals surface area contributed by atoms with Gasteiger partial charge in [-0.3, -0.25) is 0 Å². The average molecular weight is 224 g/mol. The van der Waals surface area contributed by atoms with Crippen LogP contribution in [0.2, 0.25) is 0 Å². The van der Waals surface area contributed by atoms with Gasteiger partial charge in [-0.05, 0) is 31.4 Å². The first-order valence-corrected chi connectivity index (χ1v) is 5.85. The standard InChI is InChI=1S/C13H21FN2/c1-4-9(2)8-10(3)16-12-7-5-6-11(14)13(12)15/h5-7,9-10,16H,4,8,15H2,1-3H3. The van der Waals surface area contributed by atoms with Crippen LogP contribution in [0.25, 0.3) is 0 Å². The van der Waals surface area contributed by atoms with E-state index in [1.807, 2.05) is 6.07 Å². The molecule has 0 fully saturated rings. The molecule has 0 heterocycles. The van der Waals surface area contributed by atoms with Gasteiger partial charge < -0.3 is 11.1 Å². The van der Waals surface area contributed by atoms with Crippen molar-refractivity contribution in [2.24, 2.45) is 5.92 Å². The predicted octanol–water partition coefficient (Wildman–Crippen LogP) is 3.64. The maximum atomic E-state index is 13.2. The van der Waals surface area contributed by atoms with Crippen LogP contribution >= 0.6 is 0 Å². The van der Waals surface area contributed by atoms with Crippen LogP contribution in [0.1, 0.15) is 33.6 Å². The molecule has 1 rings (SSSR count). The maximum absolute atomic E-state index is 13.2. The topological polar surface area (TPSA) is 38.0 Å². The van der Waals surface area contributed by atoms with Gasteiger partial charge in [0.2, 0.25) is 0 Å². The van der Waals surface area contributed by atoms with Crippen molar-refractivity contribution in [2.45, 2.75) is 39.7 Å². The molecule has 2 atom stereocenters. The average Bonchev–Trinajstić information content (AvgIpc) is 2.24. The fraction of sp³-hybridized carbons (Fsp3) is 0.538. The Bertz CT molecular complexity index is 339. The molecule has 2 unspecified atom stereocenters. The number of anilines is 2. The minimum Gasteiger partial charge on any atom is -0.395 e. The van der Waals surface area contributed by atoms with Gasteiger partial charge in [0.25, 0.3) is 0 Å². The van der Waals surface area contributed by atoms with Crippen LogP contribution in [0.4, 0.5) is 15.8 Å². The van der Waals surface area contributed by atoms with Gasteiger partial charge >= 0.3 is 0 Å².